The highest BCUT2D eigenvalue weighted by molar-refractivity contribution is 5.49. The zero-order chi connectivity index (χ0) is 12.5. The molecule has 17 heavy (non-hydrogen) atoms. The quantitative estimate of drug-likeness (QED) is 0.818. The van der Waals surface area contributed by atoms with Gasteiger partial charge in [-0.3, -0.25) is 0 Å². The molecule has 1 aliphatic heterocycles. The Hall–Kier alpha value is -1.06. The molecule has 94 valence electrons. The van der Waals surface area contributed by atoms with Crippen LogP contribution in [0.4, 0.5) is 5.69 Å². The molecule has 1 aliphatic rings. The number of nitrogens with one attached hydrogen (secondary N) is 1. The maximum absolute atomic E-state index is 9.92. The summed E-state index contributed by atoms with van der Waals surface area (Å²) in [5.41, 5.74) is 1.45. The van der Waals surface area contributed by atoms with Crippen molar-refractivity contribution in [1.82, 2.24) is 5.32 Å². The Balaban J connectivity index is 2.17. The lowest BCUT2D eigenvalue weighted by molar-refractivity contribution is 0.0786. The molecule has 0 aliphatic carbocycles. The van der Waals surface area contributed by atoms with Gasteiger partial charge in [0.05, 0.1) is 5.60 Å². The van der Waals surface area contributed by atoms with Gasteiger partial charge in [0.25, 0.3) is 0 Å². The van der Waals surface area contributed by atoms with Crippen molar-refractivity contribution >= 4 is 5.69 Å². The van der Waals surface area contributed by atoms with Crippen LogP contribution in [0.25, 0.3) is 0 Å². The minimum absolute atomic E-state index is 0.525. The standard InChI is InChI=1S/C14H22N2O/c1-11-10-15-8-9-16(11)13-6-4-12(5-7-13)14(2,3)17/h4-7,11,15,17H,8-10H2,1-3H3/t11-/m0/s1. The number of hydrogen-bond acceptors (Lipinski definition) is 3. The summed E-state index contributed by atoms with van der Waals surface area (Å²) in [4.78, 5) is 2.41. The summed E-state index contributed by atoms with van der Waals surface area (Å²) in [6.07, 6.45) is 0. The topological polar surface area (TPSA) is 35.5 Å². The van der Waals surface area contributed by atoms with Crippen LogP contribution in [0.2, 0.25) is 0 Å². The normalized spacial score (nSPS) is 21.6. The second-order valence-electron chi connectivity index (χ2n) is 5.35. The minimum Gasteiger partial charge on any atom is -0.386 e. The fourth-order valence-corrected chi connectivity index (χ4v) is 2.29. The van der Waals surface area contributed by atoms with Crippen molar-refractivity contribution in [3.05, 3.63) is 29.8 Å². The lowest BCUT2D eigenvalue weighted by atomic mass is 9.98. The van der Waals surface area contributed by atoms with Gasteiger partial charge in [-0.2, -0.15) is 0 Å². The fourth-order valence-electron chi connectivity index (χ4n) is 2.29. The molecule has 0 aromatic heterocycles. The van der Waals surface area contributed by atoms with E-state index in [0.717, 1.165) is 25.2 Å². The van der Waals surface area contributed by atoms with E-state index in [1.165, 1.54) is 5.69 Å². The molecule has 1 atom stereocenters. The first-order chi connectivity index (χ1) is 7.98. The van der Waals surface area contributed by atoms with E-state index in [2.05, 4.69) is 29.3 Å². The Bertz CT molecular complexity index is 367. The Morgan fingerprint density at radius 1 is 1.29 bits per heavy atom. The lowest BCUT2D eigenvalue weighted by Crippen LogP contribution is -2.49. The first-order valence-electron chi connectivity index (χ1n) is 6.29. The monoisotopic (exact) mass is 234 g/mol. The third-order valence-electron chi connectivity index (χ3n) is 3.41. The molecule has 3 nitrogen and oxygen atoms in total. The summed E-state index contributed by atoms with van der Waals surface area (Å²) < 4.78 is 0. The van der Waals surface area contributed by atoms with E-state index in [0.29, 0.717) is 6.04 Å². The molecule has 2 rings (SSSR count). The zero-order valence-electron chi connectivity index (χ0n) is 10.9. The molecule has 0 bridgehead atoms. The number of benzene rings is 1. The molecule has 0 saturated carbocycles. The van der Waals surface area contributed by atoms with Gasteiger partial charge >= 0.3 is 0 Å². The predicted molar refractivity (Wildman–Crippen MR) is 71.4 cm³/mol. The summed E-state index contributed by atoms with van der Waals surface area (Å²) in [5, 5.41) is 13.3. The molecule has 0 unspecified atom stereocenters. The average molecular weight is 234 g/mol. The molecular formula is C14H22N2O. The van der Waals surface area contributed by atoms with Crippen LogP contribution in [-0.2, 0) is 5.60 Å². The first-order valence-corrected chi connectivity index (χ1v) is 6.29. The Kier molecular flexibility index (Phi) is 3.40. The van der Waals surface area contributed by atoms with E-state index in [-0.39, 0.29) is 0 Å². The number of nitrogens with zero attached hydrogens (tertiary/aromatic N) is 1. The molecular weight excluding hydrogens is 212 g/mol. The van der Waals surface area contributed by atoms with Gasteiger partial charge < -0.3 is 15.3 Å². The van der Waals surface area contributed by atoms with E-state index in [1.54, 1.807) is 0 Å². The number of hydrogen-bond donors (Lipinski definition) is 2. The molecule has 1 aromatic carbocycles. The second-order valence-corrected chi connectivity index (χ2v) is 5.35. The van der Waals surface area contributed by atoms with Crippen molar-refractivity contribution in [3.8, 4) is 0 Å². The third-order valence-corrected chi connectivity index (χ3v) is 3.41. The number of rotatable bonds is 2. The summed E-state index contributed by atoms with van der Waals surface area (Å²) in [5.74, 6) is 0. The van der Waals surface area contributed by atoms with Gasteiger partial charge in [-0.25, -0.2) is 0 Å². The molecule has 0 radical (unpaired) electrons. The maximum Gasteiger partial charge on any atom is 0.0840 e. The fraction of sp³-hybridized carbons (Fsp3) is 0.571. The average Bonchev–Trinajstić information content (AvgIpc) is 2.29. The molecule has 2 N–H and O–H groups in total. The van der Waals surface area contributed by atoms with Crippen LogP contribution in [0.15, 0.2) is 24.3 Å². The maximum atomic E-state index is 9.92. The molecule has 3 heteroatoms. The van der Waals surface area contributed by atoms with Gasteiger partial charge in [-0.05, 0) is 38.5 Å². The van der Waals surface area contributed by atoms with Crippen molar-refractivity contribution < 1.29 is 5.11 Å². The van der Waals surface area contributed by atoms with Gasteiger partial charge in [0.2, 0.25) is 0 Å². The Morgan fingerprint density at radius 2 is 1.94 bits per heavy atom. The van der Waals surface area contributed by atoms with Crippen molar-refractivity contribution in [2.75, 3.05) is 24.5 Å². The first kappa shape index (κ1) is 12.4. The second kappa shape index (κ2) is 4.67. The number of piperazine rings is 1. The SMILES string of the molecule is C[C@H]1CNCCN1c1ccc(C(C)(C)O)cc1. The van der Waals surface area contributed by atoms with Crippen LogP contribution in [0, 0.1) is 0 Å². The van der Waals surface area contributed by atoms with Crippen LogP contribution < -0.4 is 10.2 Å². The van der Waals surface area contributed by atoms with Gasteiger partial charge in [-0.1, -0.05) is 12.1 Å². The predicted octanol–water partition coefficient (Wildman–Crippen LogP) is 1.71. The van der Waals surface area contributed by atoms with E-state index in [1.807, 2.05) is 26.0 Å². The molecule has 0 amide bonds. The van der Waals surface area contributed by atoms with E-state index in [9.17, 15) is 5.11 Å². The molecule has 1 fully saturated rings. The molecule has 1 saturated heterocycles. The highest BCUT2D eigenvalue weighted by atomic mass is 16.3. The van der Waals surface area contributed by atoms with Crippen LogP contribution in [0.3, 0.4) is 0 Å². The highest BCUT2D eigenvalue weighted by Crippen LogP contribution is 2.24. The van der Waals surface area contributed by atoms with Gasteiger partial charge in [0.1, 0.15) is 0 Å². The molecule has 1 heterocycles. The molecule has 0 spiro atoms. The molecule has 1 aromatic rings. The van der Waals surface area contributed by atoms with Crippen LogP contribution in [0.1, 0.15) is 26.3 Å². The van der Waals surface area contributed by atoms with Crippen molar-refractivity contribution in [3.63, 3.8) is 0 Å². The number of aliphatic hydroxyl groups is 1. The van der Waals surface area contributed by atoms with Crippen molar-refractivity contribution in [2.45, 2.75) is 32.4 Å². The summed E-state index contributed by atoms with van der Waals surface area (Å²) in [6.45, 7) is 8.98. The summed E-state index contributed by atoms with van der Waals surface area (Å²) >= 11 is 0. The third kappa shape index (κ3) is 2.79. The van der Waals surface area contributed by atoms with E-state index in [4.69, 9.17) is 0 Å². The minimum atomic E-state index is -0.756. The van der Waals surface area contributed by atoms with Crippen LogP contribution in [0.5, 0.6) is 0 Å². The lowest BCUT2D eigenvalue weighted by Gasteiger charge is -2.36. The Morgan fingerprint density at radius 3 is 2.47 bits per heavy atom. The largest absolute Gasteiger partial charge is 0.386 e. The van der Waals surface area contributed by atoms with Crippen molar-refractivity contribution in [1.29, 1.82) is 0 Å². The summed E-state index contributed by atoms with van der Waals surface area (Å²) in [7, 11) is 0. The van der Waals surface area contributed by atoms with E-state index >= 15 is 0 Å². The van der Waals surface area contributed by atoms with Crippen LogP contribution >= 0.6 is 0 Å². The van der Waals surface area contributed by atoms with Crippen molar-refractivity contribution in [2.24, 2.45) is 0 Å². The van der Waals surface area contributed by atoms with Crippen LogP contribution in [-0.4, -0.2) is 30.8 Å². The highest BCUT2D eigenvalue weighted by Gasteiger charge is 2.20. The smallest absolute Gasteiger partial charge is 0.0840 e. The zero-order valence-corrected chi connectivity index (χ0v) is 10.9. The number of anilines is 1. The van der Waals surface area contributed by atoms with Gasteiger partial charge in [0.15, 0.2) is 0 Å². The van der Waals surface area contributed by atoms with Gasteiger partial charge in [-0.15, -0.1) is 0 Å². The van der Waals surface area contributed by atoms with E-state index < -0.39 is 5.60 Å². The summed E-state index contributed by atoms with van der Waals surface area (Å²) in [6, 6.07) is 8.77. The van der Waals surface area contributed by atoms with Gasteiger partial charge in [0, 0.05) is 31.4 Å². The Labute approximate surface area is 103 Å².